The minimum atomic E-state index is -4.76. The van der Waals surface area contributed by atoms with Crippen LogP contribution in [0.25, 0.3) is 0 Å². The van der Waals surface area contributed by atoms with Crippen molar-refractivity contribution in [2.45, 2.75) is 13.1 Å². The van der Waals surface area contributed by atoms with Gasteiger partial charge in [0, 0.05) is 18.4 Å². The molecule has 0 radical (unpaired) electrons. The van der Waals surface area contributed by atoms with Gasteiger partial charge in [0.15, 0.2) is 0 Å². The topological polar surface area (TPSA) is 32.3 Å². The van der Waals surface area contributed by atoms with Crippen molar-refractivity contribution in [2.75, 3.05) is 17.3 Å². The third kappa shape index (κ3) is 4.82. The Bertz CT molecular complexity index is 1100. The molecule has 0 aliphatic heterocycles. The van der Waals surface area contributed by atoms with E-state index in [4.69, 9.17) is 0 Å². The van der Waals surface area contributed by atoms with Gasteiger partial charge in [0.25, 0.3) is 5.91 Å². The lowest BCUT2D eigenvalue weighted by Gasteiger charge is -2.24. The van der Waals surface area contributed by atoms with Crippen LogP contribution in [-0.4, -0.2) is 13.0 Å². The Morgan fingerprint density at radius 1 is 0.903 bits per heavy atom. The zero-order valence-electron chi connectivity index (χ0n) is 16.3. The highest BCUT2D eigenvalue weighted by atomic mass is 19.4. The van der Waals surface area contributed by atoms with Gasteiger partial charge in [-0.3, -0.25) is 4.79 Å². The highest BCUT2D eigenvalue weighted by Gasteiger charge is 2.35. The Morgan fingerprint density at radius 2 is 1.48 bits per heavy atom. The van der Waals surface area contributed by atoms with Gasteiger partial charge in [0.05, 0.1) is 11.3 Å². The molecule has 162 valence electrons. The van der Waals surface area contributed by atoms with Gasteiger partial charge in [-0.25, -0.2) is 13.2 Å². The summed E-state index contributed by atoms with van der Waals surface area (Å²) < 4.78 is 81.0. The number of nitrogens with one attached hydrogen (secondary N) is 1. The number of nitrogens with zero attached hydrogens (tertiary/aromatic N) is 1. The molecule has 9 heteroatoms. The van der Waals surface area contributed by atoms with Crippen LogP contribution in [0.4, 0.5) is 43.4 Å². The molecule has 0 fully saturated rings. The fraction of sp³-hybridized carbons (Fsp3) is 0.136. The Morgan fingerprint density at radius 3 is 2.03 bits per heavy atom. The monoisotopic (exact) mass is 438 g/mol. The molecule has 0 atom stereocenters. The molecule has 0 bridgehead atoms. The Labute approximate surface area is 173 Å². The number of carbonyl (C=O) groups excluding carboxylic acids is 1. The highest BCUT2D eigenvalue weighted by Crippen LogP contribution is 2.39. The van der Waals surface area contributed by atoms with Crippen LogP contribution >= 0.6 is 0 Å². The predicted octanol–water partition coefficient (Wildman–Crippen LogP) is 6.45. The van der Waals surface area contributed by atoms with E-state index in [1.165, 1.54) is 43.1 Å². The average molecular weight is 438 g/mol. The van der Waals surface area contributed by atoms with Crippen LogP contribution < -0.4 is 10.2 Å². The first-order chi connectivity index (χ1) is 14.5. The van der Waals surface area contributed by atoms with E-state index in [1.807, 2.05) is 0 Å². The summed E-state index contributed by atoms with van der Waals surface area (Å²) in [6, 6.07) is 9.92. The normalized spacial score (nSPS) is 11.4. The zero-order valence-corrected chi connectivity index (χ0v) is 16.3. The van der Waals surface area contributed by atoms with E-state index in [0.29, 0.717) is 17.3 Å². The van der Waals surface area contributed by atoms with Gasteiger partial charge in [-0.2, -0.15) is 13.2 Å². The lowest BCUT2D eigenvalue weighted by Crippen LogP contribution is -2.18. The molecule has 0 aromatic heterocycles. The van der Waals surface area contributed by atoms with E-state index in [0.717, 1.165) is 24.3 Å². The number of carbonyl (C=O) groups is 1. The van der Waals surface area contributed by atoms with Crippen LogP contribution in [0.3, 0.4) is 0 Å². The van der Waals surface area contributed by atoms with Crippen molar-refractivity contribution in [3.63, 3.8) is 0 Å². The smallest absolute Gasteiger partial charge is 0.344 e. The predicted molar refractivity (Wildman–Crippen MR) is 105 cm³/mol. The van der Waals surface area contributed by atoms with Crippen LogP contribution in [0.1, 0.15) is 21.5 Å². The quantitative estimate of drug-likeness (QED) is 0.475. The minimum Gasteiger partial charge on any atom is -0.344 e. The van der Waals surface area contributed by atoms with E-state index < -0.39 is 40.7 Å². The molecule has 3 aromatic carbocycles. The van der Waals surface area contributed by atoms with Crippen molar-refractivity contribution < 1.29 is 31.1 Å². The molecule has 0 saturated heterocycles. The molecule has 31 heavy (non-hydrogen) atoms. The molecule has 0 heterocycles. The summed E-state index contributed by atoms with van der Waals surface area (Å²) in [5.74, 6) is -4.04. The van der Waals surface area contributed by atoms with Crippen molar-refractivity contribution in [3.05, 3.63) is 88.7 Å². The summed E-state index contributed by atoms with van der Waals surface area (Å²) in [4.78, 5) is 13.4. The van der Waals surface area contributed by atoms with Crippen molar-refractivity contribution in [2.24, 2.45) is 0 Å². The Hall–Kier alpha value is -3.49. The van der Waals surface area contributed by atoms with Crippen LogP contribution in [-0.2, 0) is 6.18 Å². The lowest BCUT2D eigenvalue weighted by atomic mass is 10.1. The van der Waals surface area contributed by atoms with E-state index >= 15 is 0 Å². The van der Waals surface area contributed by atoms with Crippen LogP contribution in [0.5, 0.6) is 0 Å². The summed E-state index contributed by atoms with van der Waals surface area (Å²) >= 11 is 0. The number of alkyl halides is 3. The number of rotatable bonds is 4. The number of benzene rings is 3. The van der Waals surface area contributed by atoms with Crippen molar-refractivity contribution in [1.29, 1.82) is 0 Å². The summed E-state index contributed by atoms with van der Waals surface area (Å²) in [5.41, 5.74) is -1.35. The Kier molecular flexibility index (Phi) is 5.97. The first-order valence-corrected chi connectivity index (χ1v) is 8.95. The summed E-state index contributed by atoms with van der Waals surface area (Å²) in [6.45, 7) is 1.48. The fourth-order valence-electron chi connectivity index (χ4n) is 3.05. The number of hydrogen-bond acceptors (Lipinski definition) is 2. The lowest BCUT2D eigenvalue weighted by molar-refractivity contribution is -0.137. The Balaban J connectivity index is 1.84. The number of hydrogen-bond donors (Lipinski definition) is 1. The number of halogens is 6. The molecule has 0 spiro atoms. The summed E-state index contributed by atoms with van der Waals surface area (Å²) in [5, 5.41) is 2.34. The van der Waals surface area contributed by atoms with Crippen molar-refractivity contribution >= 4 is 23.0 Å². The molecule has 0 unspecified atom stereocenters. The van der Waals surface area contributed by atoms with Gasteiger partial charge >= 0.3 is 6.18 Å². The summed E-state index contributed by atoms with van der Waals surface area (Å²) in [6.07, 6.45) is -4.76. The molecule has 1 N–H and O–H groups in total. The highest BCUT2D eigenvalue weighted by molar-refractivity contribution is 6.04. The number of amides is 1. The van der Waals surface area contributed by atoms with Crippen molar-refractivity contribution in [1.82, 2.24) is 0 Å². The molecule has 3 nitrogen and oxygen atoms in total. The van der Waals surface area contributed by atoms with Gasteiger partial charge in [0.2, 0.25) is 0 Å². The third-order valence-electron chi connectivity index (χ3n) is 4.55. The second-order valence-electron chi connectivity index (χ2n) is 6.82. The molecular formula is C22H16F6N2O. The van der Waals surface area contributed by atoms with Crippen LogP contribution in [0, 0.1) is 24.4 Å². The minimum absolute atomic E-state index is 0.177. The zero-order chi connectivity index (χ0) is 22.9. The molecular weight excluding hydrogens is 422 g/mol. The largest absolute Gasteiger partial charge is 0.418 e. The van der Waals surface area contributed by atoms with E-state index in [1.54, 1.807) is 0 Å². The molecule has 0 saturated carbocycles. The van der Waals surface area contributed by atoms with Gasteiger partial charge in [-0.1, -0.05) is 0 Å². The van der Waals surface area contributed by atoms with Gasteiger partial charge < -0.3 is 10.2 Å². The maximum absolute atomic E-state index is 14.0. The van der Waals surface area contributed by atoms with Gasteiger partial charge in [0.1, 0.15) is 23.0 Å². The molecule has 0 aliphatic carbocycles. The van der Waals surface area contributed by atoms with Crippen molar-refractivity contribution in [3.8, 4) is 0 Å². The number of aryl methyl sites for hydroxylation is 1. The molecule has 1 amide bonds. The van der Waals surface area contributed by atoms with Gasteiger partial charge in [-0.05, 0) is 67.1 Å². The van der Waals surface area contributed by atoms with Gasteiger partial charge in [-0.15, -0.1) is 0 Å². The fourth-order valence-corrected chi connectivity index (χ4v) is 3.05. The molecule has 3 aromatic rings. The second-order valence-corrected chi connectivity index (χ2v) is 6.82. The maximum Gasteiger partial charge on any atom is 0.418 e. The average Bonchev–Trinajstić information content (AvgIpc) is 2.66. The molecule has 0 aliphatic rings. The standard InChI is InChI=1S/C22H16F6N2O/c1-12-9-17(24)20(18(25)10-12)21(31)29-14-4-6-15(7-5-14)30(2)19-8-3-13(23)11-16(19)22(26,27)28/h3-11H,1-2H3,(H,29,31). The van der Waals surface area contributed by atoms with E-state index in [-0.39, 0.29) is 11.4 Å². The van der Waals surface area contributed by atoms with E-state index in [9.17, 15) is 31.1 Å². The van der Waals surface area contributed by atoms with Crippen LogP contribution in [0.15, 0.2) is 54.6 Å². The molecule has 3 rings (SSSR count). The first kappa shape index (κ1) is 22.2. The second kappa shape index (κ2) is 8.33. The first-order valence-electron chi connectivity index (χ1n) is 8.95. The van der Waals surface area contributed by atoms with Crippen LogP contribution in [0.2, 0.25) is 0 Å². The maximum atomic E-state index is 14.0. The van der Waals surface area contributed by atoms with E-state index in [2.05, 4.69) is 5.32 Å². The SMILES string of the molecule is Cc1cc(F)c(C(=O)Nc2ccc(N(C)c3ccc(F)cc3C(F)(F)F)cc2)c(F)c1. The number of anilines is 3. The third-order valence-corrected chi connectivity index (χ3v) is 4.55. The summed E-state index contributed by atoms with van der Waals surface area (Å²) in [7, 11) is 1.37.